The molecule has 1 N–H and O–H groups in total. The van der Waals surface area contributed by atoms with Gasteiger partial charge in [0.15, 0.2) is 0 Å². The van der Waals surface area contributed by atoms with Gasteiger partial charge in [-0.25, -0.2) is 0 Å². The van der Waals surface area contributed by atoms with Crippen molar-refractivity contribution in [2.24, 2.45) is 5.92 Å². The molecule has 1 aromatic rings. The third kappa shape index (κ3) is 5.84. The summed E-state index contributed by atoms with van der Waals surface area (Å²) in [5, 5.41) is 3.57. The van der Waals surface area contributed by atoms with Crippen molar-refractivity contribution in [1.29, 1.82) is 0 Å². The fourth-order valence-electron chi connectivity index (χ4n) is 2.71. The van der Waals surface area contributed by atoms with Crippen LogP contribution in [0.2, 0.25) is 5.02 Å². The van der Waals surface area contributed by atoms with Gasteiger partial charge in [0.1, 0.15) is 0 Å². The largest absolute Gasteiger partial charge is 0.466 e. The fourth-order valence-corrected chi connectivity index (χ4v) is 2.84. The molecule has 1 aliphatic heterocycles. The topological polar surface area (TPSA) is 58.6 Å². The van der Waals surface area contributed by atoms with E-state index in [1.165, 1.54) is 0 Å². The molecule has 0 saturated carbocycles. The van der Waals surface area contributed by atoms with Crippen molar-refractivity contribution in [1.82, 2.24) is 10.2 Å². The Bertz CT molecular complexity index is 533. The molecular weight excluding hydrogens is 316 g/mol. The number of nitrogens with one attached hydrogen (secondary N) is 1. The molecule has 0 radical (unpaired) electrons. The van der Waals surface area contributed by atoms with Gasteiger partial charge in [0.25, 0.3) is 0 Å². The number of hydrogen-bond donors (Lipinski definition) is 1. The fraction of sp³-hybridized carbons (Fsp3) is 0.529. The van der Waals surface area contributed by atoms with Crippen molar-refractivity contribution >= 4 is 23.5 Å². The van der Waals surface area contributed by atoms with Gasteiger partial charge in [0, 0.05) is 18.1 Å². The molecule has 6 heteroatoms. The second-order valence-electron chi connectivity index (χ2n) is 5.73. The van der Waals surface area contributed by atoms with Crippen molar-refractivity contribution in [2.75, 3.05) is 26.2 Å². The lowest BCUT2D eigenvalue weighted by Gasteiger charge is -2.30. The first kappa shape index (κ1) is 17.8. The van der Waals surface area contributed by atoms with E-state index in [1.807, 2.05) is 24.0 Å². The zero-order valence-corrected chi connectivity index (χ0v) is 14.1. The van der Waals surface area contributed by atoms with E-state index in [0.717, 1.165) is 24.9 Å². The summed E-state index contributed by atoms with van der Waals surface area (Å²) in [5.41, 5.74) is 1.01. The van der Waals surface area contributed by atoms with Crippen LogP contribution in [-0.4, -0.2) is 43.0 Å². The smallest absolute Gasteiger partial charge is 0.310 e. The lowest BCUT2D eigenvalue weighted by atomic mass is 9.98. The van der Waals surface area contributed by atoms with Gasteiger partial charge in [-0.3, -0.25) is 14.5 Å². The van der Waals surface area contributed by atoms with E-state index in [9.17, 15) is 9.59 Å². The molecule has 1 amide bonds. The summed E-state index contributed by atoms with van der Waals surface area (Å²) in [5.74, 6) is -0.309. The predicted octanol–water partition coefficient (Wildman–Crippen LogP) is 2.23. The van der Waals surface area contributed by atoms with Crippen LogP contribution >= 0.6 is 11.6 Å². The van der Waals surface area contributed by atoms with Crippen LogP contribution in [0.1, 0.15) is 25.3 Å². The second kappa shape index (κ2) is 8.89. The maximum atomic E-state index is 12.1. The Morgan fingerprint density at radius 2 is 2.09 bits per heavy atom. The van der Waals surface area contributed by atoms with Crippen LogP contribution in [0.15, 0.2) is 24.3 Å². The van der Waals surface area contributed by atoms with Crippen LogP contribution in [0.5, 0.6) is 0 Å². The van der Waals surface area contributed by atoms with E-state index in [-0.39, 0.29) is 17.8 Å². The molecule has 1 heterocycles. The van der Waals surface area contributed by atoms with Gasteiger partial charge in [-0.2, -0.15) is 0 Å². The standard InChI is InChI=1S/C17H23ClN2O3/c1-2-23-17(22)14-4-3-9-20(11-14)12-16(21)19-10-13-5-7-15(18)8-6-13/h5-8,14H,2-4,9-12H2,1H3,(H,19,21)/t14-/m1/s1. The molecule has 1 aliphatic rings. The van der Waals surface area contributed by atoms with Crippen LogP contribution in [0.4, 0.5) is 0 Å². The van der Waals surface area contributed by atoms with Crippen LogP contribution in [0.3, 0.4) is 0 Å². The minimum Gasteiger partial charge on any atom is -0.466 e. The van der Waals surface area contributed by atoms with Crippen LogP contribution < -0.4 is 5.32 Å². The highest BCUT2D eigenvalue weighted by Gasteiger charge is 2.27. The van der Waals surface area contributed by atoms with Gasteiger partial charge in [-0.1, -0.05) is 23.7 Å². The quantitative estimate of drug-likeness (QED) is 0.808. The first-order valence-electron chi connectivity index (χ1n) is 7.98. The number of likely N-dealkylation sites (tertiary alicyclic amines) is 1. The highest BCUT2D eigenvalue weighted by atomic mass is 35.5. The SMILES string of the molecule is CCOC(=O)[C@@H]1CCCN(CC(=O)NCc2ccc(Cl)cc2)C1. The monoisotopic (exact) mass is 338 g/mol. The molecule has 0 aromatic heterocycles. The number of halogens is 1. The van der Waals surface area contributed by atoms with Gasteiger partial charge in [0.2, 0.25) is 5.91 Å². The molecule has 1 fully saturated rings. The number of rotatable bonds is 6. The highest BCUT2D eigenvalue weighted by Crippen LogP contribution is 2.17. The molecule has 0 unspecified atom stereocenters. The van der Waals surface area contributed by atoms with E-state index >= 15 is 0 Å². The number of piperidine rings is 1. The summed E-state index contributed by atoms with van der Waals surface area (Å²) in [4.78, 5) is 25.9. The van der Waals surface area contributed by atoms with Crippen molar-refractivity contribution in [3.63, 3.8) is 0 Å². The molecule has 1 atom stereocenters. The molecule has 0 aliphatic carbocycles. The third-order valence-electron chi connectivity index (χ3n) is 3.90. The highest BCUT2D eigenvalue weighted by molar-refractivity contribution is 6.30. The first-order chi connectivity index (χ1) is 11.1. The van der Waals surface area contributed by atoms with Gasteiger partial charge in [0.05, 0.1) is 19.1 Å². The van der Waals surface area contributed by atoms with E-state index in [0.29, 0.717) is 31.3 Å². The number of benzene rings is 1. The van der Waals surface area contributed by atoms with Gasteiger partial charge < -0.3 is 10.1 Å². The maximum Gasteiger partial charge on any atom is 0.310 e. The minimum absolute atomic E-state index is 0.0375. The molecule has 1 saturated heterocycles. The summed E-state index contributed by atoms with van der Waals surface area (Å²) in [6, 6.07) is 7.38. The van der Waals surface area contributed by atoms with Gasteiger partial charge in [-0.05, 0) is 44.0 Å². The molecule has 1 aromatic carbocycles. The number of nitrogens with zero attached hydrogens (tertiary/aromatic N) is 1. The Morgan fingerprint density at radius 1 is 1.35 bits per heavy atom. The molecule has 5 nitrogen and oxygen atoms in total. The summed E-state index contributed by atoms with van der Waals surface area (Å²) in [6.45, 7) is 4.42. The summed E-state index contributed by atoms with van der Waals surface area (Å²) in [7, 11) is 0. The Hall–Kier alpha value is -1.59. The molecule has 0 spiro atoms. The number of ether oxygens (including phenoxy) is 1. The van der Waals surface area contributed by atoms with Crippen LogP contribution in [0.25, 0.3) is 0 Å². The summed E-state index contributed by atoms with van der Waals surface area (Å²) >= 11 is 5.83. The molecular formula is C17H23ClN2O3. The number of carbonyl (C=O) groups is 2. The van der Waals surface area contributed by atoms with Crippen LogP contribution in [0, 0.1) is 5.92 Å². The average molecular weight is 339 g/mol. The molecule has 126 valence electrons. The number of esters is 1. The van der Waals surface area contributed by atoms with Crippen molar-refractivity contribution in [3.8, 4) is 0 Å². The summed E-state index contributed by atoms with van der Waals surface area (Å²) < 4.78 is 5.07. The normalized spacial score (nSPS) is 18.4. The van der Waals surface area contributed by atoms with Crippen molar-refractivity contribution in [3.05, 3.63) is 34.9 Å². The second-order valence-corrected chi connectivity index (χ2v) is 6.17. The van der Waals surface area contributed by atoms with E-state index in [4.69, 9.17) is 16.3 Å². The zero-order chi connectivity index (χ0) is 16.7. The third-order valence-corrected chi connectivity index (χ3v) is 4.15. The van der Waals surface area contributed by atoms with E-state index < -0.39 is 0 Å². The lowest BCUT2D eigenvalue weighted by molar-refractivity contribution is -0.150. The Kier molecular flexibility index (Phi) is 6.86. The average Bonchev–Trinajstić information content (AvgIpc) is 2.55. The number of carbonyl (C=O) groups excluding carboxylic acids is 2. The van der Waals surface area contributed by atoms with Gasteiger partial charge >= 0.3 is 5.97 Å². The molecule has 2 rings (SSSR count). The number of amides is 1. The van der Waals surface area contributed by atoms with Crippen molar-refractivity contribution in [2.45, 2.75) is 26.3 Å². The first-order valence-corrected chi connectivity index (χ1v) is 8.36. The minimum atomic E-state index is -0.154. The van der Waals surface area contributed by atoms with E-state index in [2.05, 4.69) is 5.32 Å². The Labute approximate surface area is 141 Å². The zero-order valence-electron chi connectivity index (χ0n) is 13.4. The Balaban J connectivity index is 1.76. The lowest BCUT2D eigenvalue weighted by Crippen LogP contribution is -2.44. The molecule has 23 heavy (non-hydrogen) atoms. The van der Waals surface area contributed by atoms with Crippen molar-refractivity contribution < 1.29 is 14.3 Å². The molecule has 0 bridgehead atoms. The Morgan fingerprint density at radius 3 is 2.78 bits per heavy atom. The predicted molar refractivity (Wildman–Crippen MR) is 89.1 cm³/mol. The van der Waals surface area contributed by atoms with Gasteiger partial charge in [-0.15, -0.1) is 0 Å². The number of hydrogen-bond acceptors (Lipinski definition) is 4. The van der Waals surface area contributed by atoms with Crippen LogP contribution in [-0.2, 0) is 20.9 Å². The summed E-state index contributed by atoms with van der Waals surface area (Å²) in [6.07, 6.45) is 1.75. The van der Waals surface area contributed by atoms with E-state index in [1.54, 1.807) is 12.1 Å². The maximum absolute atomic E-state index is 12.1.